The first-order valence-corrected chi connectivity index (χ1v) is 8.42. The summed E-state index contributed by atoms with van der Waals surface area (Å²) in [5.41, 5.74) is 7.23. The van der Waals surface area contributed by atoms with E-state index in [-0.39, 0.29) is 30.7 Å². The van der Waals surface area contributed by atoms with Crippen molar-refractivity contribution in [3.63, 3.8) is 0 Å². The average molecular weight is 414 g/mol. The Morgan fingerprint density at radius 1 is 1.15 bits per heavy atom. The van der Waals surface area contributed by atoms with Crippen LogP contribution in [0.15, 0.2) is 48.7 Å². The highest BCUT2D eigenvalue weighted by Crippen LogP contribution is 2.18. The molecule has 1 aliphatic rings. The number of aromatic nitrogens is 1. The molecule has 0 bridgehead atoms. The standard InChI is InChI=1S/C19H23N3O3.2ClH/c20-19(8-11-24-12-9-19)18(23)22-13-15-4-6-17(7-5-15)25-14-16-3-1-2-10-21-16;;/h1-7,10H,8-9,11-14,20H2,(H,22,23);2*1H. The van der Waals surface area contributed by atoms with E-state index in [1.165, 1.54) is 0 Å². The van der Waals surface area contributed by atoms with Gasteiger partial charge in [-0.2, -0.15) is 0 Å². The van der Waals surface area contributed by atoms with Crippen LogP contribution in [0.3, 0.4) is 0 Å². The molecular weight excluding hydrogens is 389 g/mol. The fraction of sp³-hybridized carbons (Fsp3) is 0.368. The molecule has 1 aliphatic heterocycles. The summed E-state index contributed by atoms with van der Waals surface area (Å²) in [6.07, 6.45) is 2.85. The summed E-state index contributed by atoms with van der Waals surface area (Å²) >= 11 is 0. The van der Waals surface area contributed by atoms with E-state index in [0.29, 0.717) is 39.2 Å². The zero-order valence-corrected chi connectivity index (χ0v) is 16.6. The molecule has 0 saturated carbocycles. The molecule has 3 N–H and O–H groups in total. The van der Waals surface area contributed by atoms with Gasteiger partial charge in [0.25, 0.3) is 0 Å². The van der Waals surface area contributed by atoms with E-state index in [0.717, 1.165) is 17.0 Å². The first-order chi connectivity index (χ1) is 12.2. The molecule has 2 heterocycles. The SMILES string of the molecule is Cl.Cl.NC1(C(=O)NCc2ccc(OCc3ccccn3)cc2)CCOCC1. The fourth-order valence-electron chi connectivity index (χ4n) is 2.67. The number of nitrogens with one attached hydrogen (secondary N) is 1. The van der Waals surface area contributed by atoms with Gasteiger partial charge in [-0.15, -0.1) is 24.8 Å². The van der Waals surface area contributed by atoms with Crippen molar-refractivity contribution in [2.75, 3.05) is 13.2 Å². The van der Waals surface area contributed by atoms with Crippen LogP contribution in [0.5, 0.6) is 5.75 Å². The molecule has 2 aromatic rings. The molecule has 1 fully saturated rings. The Bertz CT molecular complexity index is 693. The first-order valence-electron chi connectivity index (χ1n) is 8.42. The number of rotatable bonds is 6. The van der Waals surface area contributed by atoms with Crippen molar-refractivity contribution in [2.45, 2.75) is 31.5 Å². The van der Waals surface area contributed by atoms with Gasteiger partial charge in [0.05, 0.1) is 11.2 Å². The second-order valence-corrected chi connectivity index (χ2v) is 6.20. The van der Waals surface area contributed by atoms with Gasteiger partial charge in [-0.25, -0.2) is 0 Å². The van der Waals surface area contributed by atoms with Gasteiger partial charge in [-0.3, -0.25) is 9.78 Å². The van der Waals surface area contributed by atoms with Gasteiger partial charge in [-0.1, -0.05) is 18.2 Å². The highest BCUT2D eigenvalue weighted by molar-refractivity contribution is 5.86. The molecule has 27 heavy (non-hydrogen) atoms. The van der Waals surface area contributed by atoms with Gasteiger partial charge in [-0.05, 0) is 42.7 Å². The van der Waals surface area contributed by atoms with Crippen LogP contribution < -0.4 is 15.8 Å². The molecule has 3 rings (SSSR count). The predicted octanol–water partition coefficient (Wildman–Crippen LogP) is 2.63. The largest absolute Gasteiger partial charge is 0.487 e. The number of pyridine rings is 1. The normalized spacial score (nSPS) is 15.0. The van der Waals surface area contributed by atoms with Crippen molar-refractivity contribution in [2.24, 2.45) is 5.73 Å². The second-order valence-electron chi connectivity index (χ2n) is 6.20. The Labute approximate surface area is 171 Å². The van der Waals surface area contributed by atoms with E-state index in [1.54, 1.807) is 6.20 Å². The Balaban J connectivity index is 0.00000182. The first kappa shape index (κ1) is 23.2. The molecule has 1 saturated heterocycles. The van der Waals surface area contributed by atoms with Gasteiger partial charge in [0.15, 0.2) is 0 Å². The number of nitrogens with zero attached hydrogens (tertiary/aromatic N) is 1. The van der Waals surface area contributed by atoms with E-state index in [1.807, 2.05) is 42.5 Å². The van der Waals surface area contributed by atoms with Crippen LogP contribution in [0.2, 0.25) is 0 Å². The lowest BCUT2D eigenvalue weighted by Crippen LogP contribution is -2.56. The maximum atomic E-state index is 12.3. The summed E-state index contributed by atoms with van der Waals surface area (Å²) in [6.45, 7) is 1.94. The van der Waals surface area contributed by atoms with Crippen molar-refractivity contribution >= 4 is 30.7 Å². The van der Waals surface area contributed by atoms with E-state index in [2.05, 4.69) is 10.3 Å². The molecule has 6 nitrogen and oxygen atoms in total. The minimum atomic E-state index is -0.815. The molecule has 0 spiro atoms. The molecule has 1 amide bonds. The summed E-state index contributed by atoms with van der Waals surface area (Å²) < 4.78 is 11.0. The number of hydrogen-bond donors (Lipinski definition) is 2. The second kappa shape index (κ2) is 11.1. The highest BCUT2D eigenvalue weighted by atomic mass is 35.5. The third kappa shape index (κ3) is 6.66. The lowest BCUT2D eigenvalue weighted by atomic mass is 9.90. The molecule has 148 valence electrons. The van der Waals surface area contributed by atoms with E-state index >= 15 is 0 Å². The summed E-state index contributed by atoms with van der Waals surface area (Å²) in [7, 11) is 0. The smallest absolute Gasteiger partial charge is 0.240 e. The van der Waals surface area contributed by atoms with E-state index in [4.69, 9.17) is 15.2 Å². The zero-order valence-electron chi connectivity index (χ0n) is 14.9. The van der Waals surface area contributed by atoms with E-state index in [9.17, 15) is 4.79 Å². The molecular formula is C19H25Cl2N3O3. The third-order valence-electron chi connectivity index (χ3n) is 4.33. The van der Waals surface area contributed by atoms with Crippen molar-refractivity contribution < 1.29 is 14.3 Å². The Kier molecular flexibility index (Phi) is 9.52. The lowest BCUT2D eigenvalue weighted by molar-refractivity contribution is -0.129. The monoisotopic (exact) mass is 413 g/mol. The number of halogens is 2. The summed E-state index contributed by atoms with van der Waals surface area (Å²) in [5, 5.41) is 2.92. The lowest BCUT2D eigenvalue weighted by Gasteiger charge is -2.31. The average Bonchev–Trinajstić information content (AvgIpc) is 2.66. The fourth-order valence-corrected chi connectivity index (χ4v) is 2.67. The Hall–Kier alpha value is -1.86. The molecule has 1 aromatic carbocycles. The number of nitrogens with two attached hydrogens (primary N) is 1. The molecule has 0 atom stereocenters. The van der Waals surface area contributed by atoms with Gasteiger partial charge in [0.2, 0.25) is 5.91 Å². The van der Waals surface area contributed by atoms with E-state index < -0.39 is 5.54 Å². The molecule has 0 aliphatic carbocycles. The van der Waals surface area contributed by atoms with Gasteiger partial charge in [0, 0.05) is 26.0 Å². The number of hydrogen-bond acceptors (Lipinski definition) is 5. The highest BCUT2D eigenvalue weighted by Gasteiger charge is 2.35. The van der Waals surface area contributed by atoms with Crippen LogP contribution in [0.1, 0.15) is 24.1 Å². The Morgan fingerprint density at radius 3 is 2.48 bits per heavy atom. The number of benzene rings is 1. The summed E-state index contributed by atoms with van der Waals surface area (Å²) in [5.74, 6) is 0.645. The van der Waals surface area contributed by atoms with Crippen molar-refractivity contribution in [3.8, 4) is 5.75 Å². The van der Waals surface area contributed by atoms with Gasteiger partial charge in [0.1, 0.15) is 12.4 Å². The summed E-state index contributed by atoms with van der Waals surface area (Å²) in [6, 6.07) is 13.4. The van der Waals surface area contributed by atoms with Crippen LogP contribution >= 0.6 is 24.8 Å². The number of ether oxygens (including phenoxy) is 2. The van der Waals surface area contributed by atoms with Crippen molar-refractivity contribution in [1.82, 2.24) is 10.3 Å². The van der Waals surface area contributed by atoms with Crippen LogP contribution in [0.25, 0.3) is 0 Å². The molecule has 0 unspecified atom stereocenters. The molecule has 8 heteroatoms. The number of carbonyl (C=O) groups is 1. The van der Waals surface area contributed by atoms with Crippen LogP contribution in [-0.2, 0) is 22.7 Å². The summed E-state index contributed by atoms with van der Waals surface area (Å²) in [4.78, 5) is 16.5. The number of amides is 1. The Morgan fingerprint density at radius 2 is 1.85 bits per heavy atom. The van der Waals surface area contributed by atoms with Crippen LogP contribution in [0, 0.1) is 0 Å². The quantitative estimate of drug-likeness (QED) is 0.759. The predicted molar refractivity (Wildman–Crippen MR) is 108 cm³/mol. The van der Waals surface area contributed by atoms with Gasteiger partial charge >= 0.3 is 0 Å². The van der Waals surface area contributed by atoms with Crippen molar-refractivity contribution in [3.05, 3.63) is 59.9 Å². The molecule has 1 aromatic heterocycles. The molecule has 0 radical (unpaired) electrons. The topological polar surface area (TPSA) is 86.5 Å². The minimum Gasteiger partial charge on any atom is -0.487 e. The van der Waals surface area contributed by atoms with Crippen LogP contribution in [-0.4, -0.2) is 29.6 Å². The minimum absolute atomic E-state index is 0. The zero-order chi connectivity index (χ0) is 17.5. The maximum absolute atomic E-state index is 12.3. The van der Waals surface area contributed by atoms with Crippen LogP contribution in [0.4, 0.5) is 0 Å². The third-order valence-corrected chi connectivity index (χ3v) is 4.33. The number of carbonyl (C=O) groups excluding carboxylic acids is 1. The maximum Gasteiger partial charge on any atom is 0.240 e. The van der Waals surface area contributed by atoms with Crippen molar-refractivity contribution in [1.29, 1.82) is 0 Å². The van der Waals surface area contributed by atoms with Gasteiger partial charge < -0.3 is 20.5 Å².